The van der Waals surface area contributed by atoms with Crippen LogP contribution in [0.4, 0.5) is 4.39 Å². The number of nitrogens with zero attached hydrogens (tertiary/aromatic N) is 1. The van der Waals surface area contributed by atoms with E-state index in [1.54, 1.807) is 0 Å². The van der Waals surface area contributed by atoms with Gasteiger partial charge in [-0.2, -0.15) is 0 Å². The molecule has 0 aliphatic rings. The van der Waals surface area contributed by atoms with Crippen LogP contribution in [0.2, 0.25) is 0 Å². The minimum Gasteiger partial charge on any atom is -0.309 e. The fraction of sp³-hybridized carbons (Fsp3) is 0.0400. The third kappa shape index (κ3) is 2.80. The molecule has 0 atom stereocenters. The molecule has 2 heteroatoms. The van der Waals surface area contributed by atoms with Gasteiger partial charge < -0.3 is 4.57 Å². The van der Waals surface area contributed by atoms with Crippen molar-refractivity contribution in [1.82, 2.24) is 4.57 Å². The van der Waals surface area contributed by atoms with Crippen LogP contribution in [0.1, 0.15) is 11.1 Å². The molecule has 0 unspecified atom stereocenters. The largest absolute Gasteiger partial charge is 0.309 e. The topological polar surface area (TPSA) is 4.93 Å². The Morgan fingerprint density at radius 2 is 1.30 bits per heavy atom. The molecule has 5 rings (SSSR count). The summed E-state index contributed by atoms with van der Waals surface area (Å²) in [7, 11) is 0. The number of rotatable bonds is 3. The molecule has 1 nitrogen and oxygen atoms in total. The lowest BCUT2D eigenvalue weighted by Gasteiger charge is -2.09. The Morgan fingerprint density at radius 3 is 2.11 bits per heavy atom. The molecule has 0 saturated heterocycles. The van der Waals surface area contributed by atoms with E-state index in [-0.39, 0.29) is 5.82 Å². The van der Waals surface area contributed by atoms with Crippen LogP contribution in [0.5, 0.6) is 0 Å². The number of hydrogen-bond acceptors (Lipinski definition) is 0. The van der Waals surface area contributed by atoms with E-state index in [2.05, 4.69) is 65.2 Å². The molecule has 130 valence electrons. The summed E-state index contributed by atoms with van der Waals surface area (Å²) >= 11 is 0. The Labute approximate surface area is 157 Å². The lowest BCUT2D eigenvalue weighted by Crippen LogP contribution is -1.95. The molecule has 0 spiro atoms. The fourth-order valence-corrected chi connectivity index (χ4v) is 3.83. The van der Waals surface area contributed by atoms with Crippen LogP contribution in [0, 0.1) is 5.82 Å². The molecule has 0 bridgehead atoms. The summed E-state index contributed by atoms with van der Waals surface area (Å²) in [6.07, 6.45) is 0.891. The molecule has 1 aromatic heterocycles. The van der Waals surface area contributed by atoms with Gasteiger partial charge in [-0.1, -0.05) is 60.7 Å². The van der Waals surface area contributed by atoms with E-state index < -0.39 is 0 Å². The van der Waals surface area contributed by atoms with E-state index in [0.29, 0.717) is 0 Å². The van der Waals surface area contributed by atoms with E-state index in [0.717, 1.165) is 23.1 Å². The van der Waals surface area contributed by atoms with Gasteiger partial charge in [-0.3, -0.25) is 0 Å². The molecule has 5 aromatic rings. The zero-order valence-electron chi connectivity index (χ0n) is 14.8. The van der Waals surface area contributed by atoms with Crippen molar-refractivity contribution in [2.75, 3.05) is 0 Å². The number of para-hydroxylation sites is 1. The Bertz CT molecular complexity index is 1230. The lowest BCUT2D eigenvalue weighted by molar-refractivity contribution is 0.627. The van der Waals surface area contributed by atoms with Crippen molar-refractivity contribution in [2.24, 2.45) is 0 Å². The zero-order valence-corrected chi connectivity index (χ0v) is 14.8. The molecule has 0 radical (unpaired) electrons. The maximum absolute atomic E-state index is 13.5. The molecule has 0 fully saturated rings. The summed E-state index contributed by atoms with van der Waals surface area (Å²) in [4.78, 5) is 0. The first-order valence-electron chi connectivity index (χ1n) is 9.11. The minimum absolute atomic E-state index is 0.218. The van der Waals surface area contributed by atoms with Crippen molar-refractivity contribution in [2.45, 2.75) is 6.42 Å². The number of benzene rings is 4. The van der Waals surface area contributed by atoms with Gasteiger partial charge in [0.2, 0.25) is 0 Å². The van der Waals surface area contributed by atoms with Crippen molar-refractivity contribution in [3.63, 3.8) is 0 Å². The van der Waals surface area contributed by atoms with Gasteiger partial charge in [-0.25, -0.2) is 4.39 Å². The van der Waals surface area contributed by atoms with E-state index in [1.165, 1.54) is 34.0 Å². The summed E-state index contributed by atoms with van der Waals surface area (Å²) in [5.74, 6) is -0.218. The van der Waals surface area contributed by atoms with Crippen molar-refractivity contribution >= 4 is 21.8 Å². The van der Waals surface area contributed by atoms with Gasteiger partial charge in [-0.15, -0.1) is 0 Å². The summed E-state index contributed by atoms with van der Waals surface area (Å²) in [5, 5.41) is 2.43. The summed E-state index contributed by atoms with van der Waals surface area (Å²) in [5.41, 5.74) is 5.81. The smallest absolute Gasteiger partial charge is 0.123 e. The second-order valence-electron chi connectivity index (χ2n) is 6.84. The second kappa shape index (κ2) is 6.40. The van der Waals surface area contributed by atoms with Crippen molar-refractivity contribution < 1.29 is 4.39 Å². The summed E-state index contributed by atoms with van der Waals surface area (Å²) in [6.45, 7) is 0. The normalized spacial score (nSPS) is 11.3. The highest BCUT2D eigenvalue weighted by Gasteiger charge is 2.12. The number of halogens is 1. The SMILES string of the molecule is Fc1ccc(-n2c3ccccc3c3ccc(Cc4ccccc4)cc32)cc1. The van der Waals surface area contributed by atoms with Crippen LogP contribution in [-0.2, 0) is 6.42 Å². The molecule has 0 saturated carbocycles. The van der Waals surface area contributed by atoms with Gasteiger partial charge in [0.15, 0.2) is 0 Å². The second-order valence-corrected chi connectivity index (χ2v) is 6.84. The molecule has 4 aromatic carbocycles. The summed E-state index contributed by atoms with van der Waals surface area (Å²) < 4.78 is 15.7. The maximum Gasteiger partial charge on any atom is 0.123 e. The highest BCUT2D eigenvalue weighted by atomic mass is 19.1. The van der Waals surface area contributed by atoms with Crippen LogP contribution in [0.25, 0.3) is 27.5 Å². The van der Waals surface area contributed by atoms with Gasteiger partial charge in [0, 0.05) is 16.5 Å². The monoisotopic (exact) mass is 351 g/mol. The third-order valence-electron chi connectivity index (χ3n) is 5.07. The van der Waals surface area contributed by atoms with Crippen molar-refractivity contribution in [3.8, 4) is 5.69 Å². The van der Waals surface area contributed by atoms with Crippen LogP contribution in [-0.4, -0.2) is 4.57 Å². The van der Waals surface area contributed by atoms with Gasteiger partial charge in [0.05, 0.1) is 11.0 Å². The molecular weight excluding hydrogens is 333 g/mol. The molecule has 0 amide bonds. The Kier molecular flexibility index (Phi) is 3.75. The Hall–Kier alpha value is -3.39. The zero-order chi connectivity index (χ0) is 18.2. The first-order valence-corrected chi connectivity index (χ1v) is 9.11. The van der Waals surface area contributed by atoms with E-state index >= 15 is 0 Å². The van der Waals surface area contributed by atoms with Crippen LogP contribution in [0.15, 0.2) is 97.1 Å². The van der Waals surface area contributed by atoms with Crippen LogP contribution in [0.3, 0.4) is 0 Å². The molecule has 1 heterocycles. The predicted octanol–water partition coefficient (Wildman–Crippen LogP) is 6.51. The Morgan fingerprint density at radius 1 is 0.593 bits per heavy atom. The molecule has 0 N–H and O–H groups in total. The maximum atomic E-state index is 13.5. The molecule has 0 aliphatic carbocycles. The van der Waals surface area contributed by atoms with Gasteiger partial charge >= 0.3 is 0 Å². The highest BCUT2D eigenvalue weighted by molar-refractivity contribution is 6.09. The van der Waals surface area contributed by atoms with E-state index in [4.69, 9.17) is 0 Å². The number of hydrogen-bond donors (Lipinski definition) is 0. The molecule has 0 aliphatic heterocycles. The first kappa shape index (κ1) is 15.8. The summed E-state index contributed by atoms with van der Waals surface area (Å²) in [6, 6.07) is 32.2. The number of aromatic nitrogens is 1. The predicted molar refractivity (Wildman–Crippen MR) is 110 cm³/mol. The quantitative estimate of drug-likeness (QED) is 0.349. The Balaban J connectivity index is 1.74. The average molecular weight is 351 g/mol. The van der Waals surface area contributed by atoms with Gasteiger partial charge in [0.1, 0.15) is 5.82 Å². The van der Waals surface area contributed by atoms with Crippen molar-refractivity contribution in [3.05, 3.63) is 114 Å². The minimum atomic E-state index is -0.218. The van der Waals surface area contributed by atoms with Gasteiger partial charge in [0.25, 0.3) is 0 Å². The van der Waals surface area contributed by atoms with Crippen molar-refractivity contribution in [1.29, 1.82) is 0 Å². The number of fused-ring (bicyclic) bond motifs is 3. The van der Waals surface area contributed by atoms with E-state index in [9.17, 15) is 4.39 Å². The third-order valence-corrected chi connectivity index (χ3v) is 5.07. The lowest BCUT2D eigenvalue weighted by atomic mass is 10.0. The fourth-order valence-electron chi connectivity index (χ4n) is 3.83. The van der Waals surface area contributed by atoms with Crippen LogP contribution < -0.4 is 0 Å². The highest BCUT2D eigenvalue weighted by Crippen LogP contribution is 2.32. The van der Waals surface area contributed by atoms with Gasteiger partial charge in [-0.05, 0) is 53.9 Å². The standard InChI is InChI=1S/C25H18FN/c26-20-11-13-21(14-12-20)27-24-9-5-4-8-22(24)23-15-10-19(17-25(23)27)16-18-6-2-1-3-7-18/h1-15,17H,16H2. The molecule has 27 heavy (non-hydrogen) atoms. The van der Waals surface area contributed by atoms with Crippen LogP contribution >= 0.6 is 0 Å². The van der Waals surface area contributed by atoms with E-state index in [1.807, 2.05) is 24.3 Å². The molecular formula is C25H18FN. The average Bonchev–Trinajstić information content (AvgIpc) is 3.03. The first-order chi connectivity index (χ1) is 13.3.